The zero-order valence-electron chi connectivity index (χ0n) is 22.5. The fourth-order valence-electron chi connectivity index (χ4n) is 6.11. The number of nitrogens with zero attached hydrogens (tertiary/aromatic N) is 4. The molecule has 2 aliphatic rings. The number of piperidine rings is 1. The van der Waals surface area contributed by atoms with Gasteiger partial charge in [0.2, 0.25) is 0 Å². The van der Waals surface area contributed by atoms with Gasteiger partial charge in [-0.05, 0) is 93.6 Å². The number of alkyl halides is 3. The molecule has 7 nitrogen and oxygen atoms in total. The molecule has 2 heterocycles. The second-order valence-electron chi connectivity index (χ2n) is 10.9. The van der Waals surface area contributed by atoms with E-state index in [0.717, 1.165) is 42.9 Å². The number of rotatable bonds is 7. The van der Waals surface area contributed by atoms with E-state index in [-0.39, 0.29) is 17.4 Å². The summed E-state index contributed by atoms with van der Waals surface area (Å²) in [5.74, 6) is -2.71. The lowest BCUT2D eigenvalue weighted by Gasteiger charge is -2.49. The average molecular weight is 596 g/mol. The molecule has 1 saturated heterocycles. The van der Waals surface area contributed by atoms with Gasteiger partial charge in [0.25, 0.3) is 10.0 Å². The molecule has 0 unspecified atom stereocenters. The Kier molecular flexibility index (Phi) is 7.70. The van der Waals surface area contributed by atoms with Crippen molar-refractivity contribution in [3.8, 4) is 0 Å². The molecule has 3 aromatic rings. The first-order valence-corrected chi connectivity index (χ1v) is 14.7. The van der Waals surface area contributed by atoms with Crippen molar-refractivity contribution in [1.82, 2.24) is 14.9 Å². The smallest absolute Gasteiger partial charge is 0.370 e. The van der Waals surface area contributed by atoms with Gasteiger partial charge in [0.05, 0.1) is 5.56 Å². The zero-order valence-corrected chi connectivity index (χ0v) is 23.4. The Morgan fingerprint density at radius 1 is 1.12 bits per heavy atom. The van der Waals surface area contributed by atoms with E-state index in [1.165, 1.54) is 18.3 Å². The molecule has 220 valence electrons. The lowest BCUT2D eigenvalue weighted by molar-refractivity contribution is -0.137. The predicted molar refractivity (Wildman–Crippen MR) is 144 cm³/mol. The van der Waals surface area contributed by atoms with Gasteiger partial charge < -0.3 is 9.80 Å². The van der Waals surface area contributed by atoms with E-state index in [2.05, 4.69) is 14.7 Å². The Balaban J connectivity index is 1.41. The van der Waals surface area contributed by atoms with E-state index >= 15 is 8.78 Å². The third-order valence-corrected chi connectivity index (χ3v) is 9.65. The third-order valence-electron chi connectivity index (χ3n) is 8.24. The SMILES string of the molecule is CN(C)[C@]1(C[C@H]2CCc3ccc(C(F)(F)F)cc32)CCCN(c2cc(F)c(S(=O)(=O)Nc3ccncn3)c(F)c2)C1. The van der Waals surface area contributed by atoms with Crippen LogP contribution in [0.15, 0.2) is 53.8 Å². The summed E-state index contributed by atoms with van der Waals surface area (Å²) in [6, 6.07) is 7.21. The minimum atomic E-state index is -4.61. The number of aryl methyl sites for hydroxylation is 1. The Labute approximate surface area is 235 Å². The predicted octanol–water partition coefficient (Wildman–Crippen LogP) is 5.60. The highest BCUT2D eigenvalue weighted by Gasteiger charge is 2.42. The van der Waals surface area contributed by atoms with Gasteiger partial charge in [0.1, 0.15) is 23.8 Å². The van der Waals surface area contributed by atoms with Crippen molar-refractivity contribution >= 4 is 21.5 Å². The quantitative estimate of drug-likeness (QED) is 0.359. The van der Waals surface area contributed by atoms with Crippen LogP contribution in [-0.2, 0) is 22.6 Å². The van der Waals surface area contributed by atoms with Gasteiger partial charge in [0.15, 0.2) is 4.90 Å². The number of hydrogen-bond acceptors (Lipinski definition) is 6. The van der Waals surface area contributed by atoms with Crippen LogP contribution in [-0.4, -0.2) is 56.0 Å². The number of aromatic nitrogens is 2. The standard InChI is InChI=1S/C28H30F5N5O2S/c1-37(2)27(15-19-5-4-18-6-7-20(12-22(18)19)28(31,32)33)9-3-11-38(16-27)21-13-23(29)26(24(30)14-21)41(39,40)36-25-8-10-34-17-35-25/h6-8,10,12-14,17,19H,3-5,9,11,15-16H2,1-2H3,(H,34,35,36)/t19-,27+/m1/s1. The summed E-state index contributed by atoms with van der Waals surface area (Å²) in [5.41, 5.74) is 0.674. The van der Waals surface area contributed by atoms with Gasteiger partial charge in [-0.2, -0.15) is 13.2 Å². The summed E-state index contributed by atoms with van der Waals surface area (Å²) in [7, 11) is -0.806. The van der Waals surface area contributed by atoms with Gasteiger partial charge in [-0.25, -0.2) is 27.2 Å². The highest BCUT2D eigenvalue weighted by molar-refractivity contribution is 7.92. The molecule has 13 heteroatoms. The number of anilines is 2. The van der Waals surface area contributed by atoms with Crippen LogP contribution in [0.3, 0.4) is 0 Å². The first-order valence-electron chi connectivity index (χ1n) is 13.2. The minimum Gasteiger partial charge on any atom is -0.370 e. The Morgan fingerprint density at radius 3 is 2.49 bits per heavy atom. The van der Waals surface area contributed by atoms with Crippen molar-refractivity contribution in [1.29, 1.82) is 0 Å². The van der Waals surface area contributed by atoms with Crippen molar-refractivity contribution in [2.24, 2.45) is 0 Å². The molecule has 0 bridgehead atoms. The number of likely N-dealkylation sites (N-methyl/N-ethyl adjacent to an activating group) is 1. The van der Waals surface area contributed by atoms with E-state index in [9.17, 15) is 21.6 Å². The van der Waals surface area contributed by atoms with Crippen LogP contribution in [0.1, 0.15) is 48.3 Å². The fraction of sp³-hybridized carbons (Fsp3) is 0.429. The first kappa shape index (κ1) is 29.2. The molecule has 41 heavy (non-hydrogen) atoms. The highest BCUT2D eigenvalue weighted by Crippen LogP contribution is 2.45. The van der Waals surface area contributed by atoms with Crippen LogP contribution in [0.2, 0.25) is 0 Å². The summed E-state index contributed by atoms with van der Waals surface area (Å²) < 4.78 is 98.3. The molecule has 0 radical (unpaired) electrons. The van der Waals surface area contributed by atoms with Crippen molar-refractivity contribution in [3.05, 3.63) is 77.2 Å². The number of sulfonamides is 1. The van der Waals surface area contributed by atoms with Gasteiger partial charge in [-0.15, -0.1) is 0 Å². The molecule has 5 rings (SSSR count). The number of halogens is 5. The molecule has 2 atom stereocenters. The van der Waals surface area contributed by atoms with Gasteiger partial charge in [-0.3, -0.25) is 4.72 Å². The van der Waals surface area contributed by atoms with E-state index in [0.29, 0.717) is 37.9 Å². The molecule has 1 aliphatic heterocycles. The zero-order chi connectivity index (χ0) is 29.6. The Hall–Kier alpha value is -3.32. The van der Waals surface area contributed by atoms with Crippen molar-refractivity contribution in [3.63, 3.8) is 0 Å². The molecular formula is C28H30F5N5O2S. The summed E-state index contributed by atoms with van der Waals surface area (Å²) in [4.78, 5) is 10.2. The van der Waals surface area contributed by atoms with Crippen LogP contribution >= 0.6 is 0 Å². The fourth-order valence-corrected chi connectivity index (χ4v) is 7.24. The number of benzene rings is 2. The Bertz CT molecular complexity index is 1510. The molecule has 1 aromatic heterocycles. The van der Waals surface area contributed by atoms with E-state index < -0.39 is 43.8 Å². The van der Waals surface area contributed by atoms with Crippen LogP contribution < -0.4 is 9.62 Å². The Morgan fingerprint density at radius 2 is 1.85 bits per heavy atom. The maximum atomic E-state index is 15.2. The minimum absolute atomic E-state index is 0.0940. The first-order chi connectivity index (χ1) is 19.3. The third kappa shape index (κ3) is 5.87. The molecule has 1 fully saturated rings. The lowest BCUT2D eigenvalue weighted by atomic mass is 9.77. The topological polar surface area (TPSA) is 78.4 Å². The van der Waals surface area contributed by atoms with Crippen molar-refractivity contribution < 1.29 is 30.4 Å². The summed E-state index contributed by atoms with van der Waals surface area (Å²) in [5, 5.41) is 0. The van der Waals surface area contributed by atoms with Crippen molar-refractivity contribution in [2.75, 3.05) is 36.8 Å². The summed E-state index contributed by atoms with van der Waals surface area (Å²) >= 11 is 0. The van der Waals surface area contributed by atoms with Crippen molar-refractivity contribution in [2.45, 2.75) is 54.6 Å². The second-order valence-corrected chi connectivity index (χ2v) is 12.6. The highest BCUT2D eigenvalue weighted by atomic mass is 32.2. The molecular weight excluding hydrogens is 565 g/mol. The van der Waals surface area contributed by atoms with Gasteiger partial charge >= 0.3 is 6.18 Å². The van der Waals surface area contributed by atoms with Crippen LogP contribution in [0.4, 0.5) is 33.5 Å². The van der Waals surface area contributed by atoms with Gasteiger partial charge in [0, 0.05) is 30.5 Å². The van der Waals surface area contributed by atoms with Crippen LogP contribution in [0, 0.1) is 11.6 Å². The van der Waals surface area contributed by atoms with Crippen LogP contribution in [0.25, 0.3) is 0 Å². The number of hydrogen-bond donors (Lipinski definition) is 1. The molecule has 1 aliphatic carbocycles. The molecule has 0 saturated carbocycles. The number of nitrogens with one attached hydrogen (secondary N) is 1. The van der Waals surface area contributed by atoms with E-state index in [1.807, 2.05) is 23.9 Å². The number of fused-ring (bicyclic) bond motifs is 1. The summed E-state index contributed by atoms with van der Waals surface area (Å²) in [6.07, 6.45) is 1.38. The molecule has 0 spiro atoms. The summed E-state index contributed by atoms with van der Waals surface area (Å²) in [6.45, 7) is 0.855. The molecule has 2 aromatic carbocycles. The average Bonchev–Trinajstić information content (AvgIpc) is 3.29. The largest absolute Gasteiger partial charge is 0.416 e. The molecule has 0 amide bonds. The maximum absolute atomic E-state index is 15.2. The molecule has 1 N–H and O–H groups in total. The second kappa shape index (κ2) is 10.8. The van der Waals surface area contributed by atoms with Crippen LogP contribution in [0.5, 0.6) is 0 Å². The monoisotopic (exact) mass is 595 g/mol. The maximum Gasteiger partial charge on any atom is 0.416 e. The lowest BCUT2D eigenvalue weighted by Crippen LogP contribution is -2.57. The normalized spacial score (nSPS) is 21.3. The van der Waals surface area contributed by atoms with E-state index in [4.69, 9.17) is 0 Å². The van der Waals surface area contributed by atoms with E-state index in [1.54, 1.807) is 6.07 Å². The van der Waals surface area contributed by atoms with Gasteiger partial charge in [-0.1, -0.05) is 6.07 Å².